The van der Waals surface area contributed by atoms with Gasteiger partial charge in [-0.25, -0.2) is 14.6 Å². The van der Waals surface area contributed by atoms with Crippen molar-refractivity contribution < 1.29 is 9.31 Å². The van der Waals surface area contributed by atoms with Crippen LogP contribution in [-0.4, -0.2) is 38.1 Å². The van der Waals surface area contributed by atoms with E-state index in [1.165, 1.54) is 11.0 Å². The zero-order valence-electron chi connectivity index (χ0n) is 12.9. The quantitative estimate of drug-likeness (QED) is 0.763. The van der Waals surface area contributed by atoms with Crippen molar-refractivity contribution in [3.05, 3.63) is 30.5 Å². The van der Waals surface area contributed by atoms with E-state index in [0.29, 0.717) is 5.82 Å². The van der Waals surface area contributed by atoms with Crippen LogP contribution in [0.25, 0.3) is 5.82 Å². The molecule has 0 amide bonds. The highest BCUT2D eigenvalue weighted by Gasteiger charge is 2.51. The first kappa shape index (κ1) is 14.7. The number of nitriles is 1. The van der Waals surface area contributed by atoms with Gasteiger partial charge < -0.3 is 9.31 Å². The Labute approximate surface area is 129 Å². The van der Waals surface area contributed by atoms with E-state index in [9.17, 15) is 0 Å². The topological polar surface area (TPSA) is 85.9 Å². The van der Waals surface area contributed by atoms with E-state index in [-0.39, 0.29) is 17.0 Å². The Bertz CT molecular complexity index is 716. The van der Waals surface area contributed by atoms with Gasteiger partial charge in [0.1, 0.15) is 12.4 Å². The third-order valence-corrected chi connectivity index (χ3v) is 4.12. The Morgan fingerprint density at radius 1 is 1.14 bits per heavy atom. The number of nitrogens with zero attached hydrogens (tertiary/aromatic N) is 5. The minimum absolute atomic E-state index is 0.108. The Morgan fingerprint density at radius 2 is 1.82 bits per heavy atom. The first-order chi connectivity index (χ1) is 10.3. The average Bonchev–Trinajstić information content (AvgIpc) is 3.02. The number of hydrogen-bond acceptors (Lipinski definition) is 6. The lowest BCUT2D eigenvalue weighted by Gasteiger charge is -2.32. The fourth-order valence-corrected chi connectivity index (χ4v) is 2.08. The maximum absolute atomic E-state index is 8.74. The van der Waals surface area contributed by atoms with Crippen molar-refractivity contribution in [1.29, 1.82) is 5.26 Å². The Hall–Kier alpha value is -2.24. The second-order valence-electron chi connectivity index (χ2n) is 6.16. The molecule has 3 heterocycles. The van der Waals surface area contributed by atoms with Gasteiger partial charge >= 0.3 is 7.12 Å². The highest BCUT2D eigenvalue weighted by molar-refractivity contribution is 6.62. The third-order valence-electron chi connectivity index (χ3n) is 4.12. The molecule has 112 valence electrons. The van der Waals surface area contributed by atoms with Crippen LogP contribution in [0, 0.1) is 11.3 Å². The van der Waals surface area contributed by atoms with Crippen molar-refractivity contribution in [1.82, 2.24) is 19.7 Å². The number of aromatic nitrogens is 4. The molecule has 1 saturated heterocycles. The first-order valence-electron chi connectivity index (χ1n) is 6.96. The Kier molecular flexibility index (Phi) is 3.27. The summed E-state index contributed by atoms with van der Waals surface area (Å²) in [5.74, 6) is 0.686. The van der Waals surface area contributed by atoms with E-state index in [0.717, 1.165) is 5.46 Å². The summed E-state index contributed by atoms with van der Waals surface area (Å²) in [7, 11) is -0.447. The second kappa shape index (κ2) is 4.90. The molecule has 0 bridgehead atoms. The van der Waals surface area contributed by atoms with Gasteiger partial charge in [-0.05, 0) is 33.8 Å². The van der Waals surface area contributed by atoms with Crippen molar-refractivity contribution in [2.24, 2.45) is 0 Å². The molecule has 0 spiro atoms. The summed E-state index contributed by atoms with van der Waals surface area (Å²) in [4.78, 5) is 8.18. The maximum atomic E-state index is 8.74. The third kappa shape index (κ3) is 2.38. The Balaban J connectivity index is 1.82. The van der Waals surface area contributed by atoms with Crippen LogP contribution < -0.4 is 5.46 Å². The van der Waals surface area contributed by atoms with Crippen molar-refractivity contribution in [2.75, 3.05) is 0 Å². The number of pyridine rings is 1. The van der Waals surface area contributed by atoms with Gasteiger partial charge in [0.15, 0.2) is 5.82 Å². The molecule has 0 unspecified atom stereocenters. The molecule has 8 heteroatoms. The van der Waals surface area contributed by atoms with Gasteiger partial charge in [-0.15, -0.1) is 5.10 Å². The van der Waals surface area contributed by atoms with Crippen LogP contribution in [0.3, 0.4) is 0 Å². The van der Waals surface area contributed by atoms with E-state index in [1.807, 2.05) is 39.8 Å². The van der Waals surface area contributed by atoms with Gasteiger partial charge in [0, 0.05) is 11.7 Å². The molecule has 2 aromatic heterocycles. The fraction of sp³-hybridized carbons (Fsp3) is 0.429. The molecule has 0 saturated carbocycles. The minimum Gasteiger partial charge on any atom is -0.399 e. The van der Waals surface area contributed by atoms with E-state index < -0.39 is 7.12 Å². The molecule has 1 fully saturated rings. The fourth-order valence-electron chi connectivity index (χ4n) is 2.08. The molecular weight excluding hydrogens is 281 g/mol. The lowest BCUT2D eigenvalue weighted by molar-refractivity contribution is 0.00578. The van der Waals surface area contributed by atoms with Crippen LogP contribution in [0.4, 0.5) is 0 Å². The van der Waals surface area contributed by atoms with Gasteiger partial charge in [0.2, 0.25) is 0 Å². The molecule has 2 aromatic rings. The highest BCUT2D eigenvalue weighted by Crippen LogP contribution is 2.36. The summed E-state index contributed by atoms with van der Waals surface area (Å²) in [6.07, 6.45) is 3.14. The molecule has 1 aliphatic heterocycles. The zero-order chi connectivity index (χ0) is 16.0. The van der Waals surface area contributed by atoms with Crippen LogP contribution in [0.5, 0.6) is 0 Å². The molecule has 0 aliphatic carbocycles. The normalized spacial score (nSPS) is 19.1. The molecule has 22 heavy (non-hydrogen) atoms. The standard InChI is InChI=1S/C14H16BN5O2/c1-13(2)14(3,4)22-15(21-13)10-5-6-12(17-8-10)20-9-18-11(7-16)19-20/h5-6,8-9H,1-4H3. The van der Waals surface area contributed by atoms with Gasteiger partial charge in [0.25, 0.3) is 5.82 Å². The number of hydrogen-bond donors (Lipinski definition) is 0. The largest absolute Gasteiger partial charge is 0.496 e. The van der Waals surface area contributed by atoms with Crippen LogP contribution in [-0.2, 0) is 9.31 Å². The smallest absolute Gasteiger partial charge is 0.399 e. The van der Waals surface area contributed by atoms with Crippen molar-refractivity contribution in [3.8, 4) is 11.9 Å². The van der Waals surface area contributed by atoms with Crippen molar-refractivity contribution >= 4 is 12.6 Å². The summed E-state index contributed by atoms with van der Waals surface area (Å²) in [6, 6.07) is 5.54. The molecule has 1 aliphatic rings. The van der Waals surface area contributed by atoms with Crippen LogP contribution in [0.2, 0.25) is 0 Å². The molecule has 0 aromatic carbocycles. The maximum Gasteiger partial charge on any atom is 0.496 e. The van der Waals surface area contributed by atoms with E-state index in [4.69, 9.17) is 14.6 Å². The van der Waals surface area contributed by atoms with Gasteiger partial charge in [0.05, 0.1) is 11.2 Å². The number of rotatable bonds is 2. The van der Waals surface area contributed by atoms with E-state index in [2.05, 4.69) is 15.1 Å². The monoisotopic (exact) mass is 297 g/mol. The van der Waals surface area contributed by atoms with Crippen LogP contribution >= 0.6 is 0 Å². The predicted octanol–water partition coefficient (Wildman–Crippen LogP) is 0.833. The molecule has 3 rings (SSSR count). The predicted molar refractivity (Wildman–Crippen MR) is 79.6 cm³/mol. The molecule has 7 nitrogen and oxygen atoms in total. The Morgan fingerprint density at radius 3 is 2.32 bits per heavy atom. The first-order valence-corrected chi connectivity index (χ1v) is 6.96. The van der Waals surface area contributed by atoms with E-state index in [1.54, 1.807) is 12.3 Å². The second-order valence-corrected chi connectivity index (χ2v) is 6.16. The molecule has 0 radical (unpaired) electrons. The SMILES string of the molecule is CC1(C)OB(c2ccc(-n3cnc(C#N)n3)nc2)OC1(C)C. The van der Waals surface area contributed by atoms with Crippen LogP contribution in [0.15, 0.2) is 24.7 Å². The zero-order valence-corrected chi connectivity index (χ0v) is 12.9. The minimum atomic E-state index is -0.447. The summed E-state index contributed by atoms with van der Waals surface area (Å²) in [5.41, 5.74) is 0.0662. The average molecular weight is 297 g/mol. The summed E-state index contributed by atoms with van der Waals surface area (Å²) in [6.45, 7) is 8.03. The lowest BCUT2D eigenvalue weighted by atomic mass is 9.80. The highest BCUT2D eigenvalue weighted by atomic mass is 16.7. The summed E-state index contributed by atoms with van der Waals surface area (Å²) in [5, 5.41) is 12.7. The molecule has 0 atom stereocenters. The summed E-state index contributed by atoms with van der Waals surface area (Å²) >= 11 is 0. The van der Waals surface area contributed by atoms with Gasteiger partial charge in [-0.3, -0.25) is 0 Å². The van der Waals surface area contributed by atoms with E-state index >= 15 is 0 Å². The summed E-state index contributed by atoms with van der Waals surface area (Å²) < 4.78 is 13.4. The molecular formula is C14H16BN5O2. The lowest BCUT2D eigenvalue weighted by Crippen LogP contribution is -2.41. The van der Waals surface area contributed by atoms with Gasteiger partial charge in [-0.2, -0.15) is 5.26 Å². The van der Waals surface area contributed by atoms with Gasteiger partial charge in [-0.1, -0.05) is 6.07 Å². The van der Waals surface area contributed by atoms with Crippen molar-refractivity contribution in [2.45, 2.75) is 38.9 Å². The van der Waals surface area contributed by atoms with Crippen molar-refractivity contribution in [3.63, 3.8) is 0 Å². The molecule has 0 N–H and O–H groups in total. The van der Waals surface area contributed by atoms with Crippen LogP contribution in [0.1, 0.15) is 33.5 Å².